The summed E-state index contributed by atoms with van der Waals surface area (Å²) < 4.78 is 0. The van der Waals surface area contributed by atoms with E-state index in [2.05, 4.69) is 4.98 Å². The molecule has 0 unspecified atom stereocenters. The molecule has 7 nitrogen and oxygen atoms in total. The second kappa shape index (κ2) is 6.44. The van der Waals surface area contributed by atoms with Gasteiger partial charge in [0, 0.05) is 12.5 Å². The number of nitrogens with zero attached hydrogens (tertiary/aromatic N) is 2. The number of rotatable bonds is 4. The van der Waals surface area contributed by atoms with Crippen molar-refractivity contribution in [3.63, 3.8) is 0 Å². The number of hydrogen-bond donors (Lipinski definition) is 1. The van der Waals surface area contributed by atoms with Gasteiger partial charge in [-0.2, -0.15) is 0 Å². The number of nitro groups is 1. The number of imide groups is 1. The Balaban J connectivity index is 3.20. The van der Waals surface area contributed by atoms with Crippen LogP contribution in [0.2, 0.25) is 0 Å². The van der Waals surface area contributed by atoms with Crippen LogP contribution in [0.4, 0.5) is 5.69 Å². The average molecular weight is 306 g/mol. The molecule has 0 atom stereocenters. The molecular weight excluding hydrogens is 297 g/mol. The van der Waals surface area contributed by atoms with Gasteiger partial charge >= 0.3 is 0 Å². The van der Waals surface area contributed by atoms with Crippen LogP contribution in [0.5, 0.6) is 0 Å². The van der Waals surface area contributed by atoms with Crippen LogP contribution in [-0.4, -0.2) is 21.7 Å². The van der Waals surface area contributed by atoms with Crippen LogP contribution < -0.4 is 5.32 Å². The first kappa shape index (κ1) is 15.3. The van der Waals surface area contributed by atoms with E-state index in [0.717, 1.165) is 12.3 Å². The number of amides is 2. The summed E-state index contributed by atoms with van der Waals surface area (Å²) in [5.74, 6) is -1.35. The Morgan fingerprint density at radius 1 is 1.53 bits per heavy atom. The highest BCUT2D eigenvalue weighted by atomic mass is 35.5. The van der Waals surface area contributed by atoms with E-state index >= 15 is 0 Å². The summed E-state index contributed by atoms with van der Waals surface area (Å²) in [5, 5.41) is 12.7. The molecule has 19 heavy (non-hydrogen) atoms. The molecule has 102 valence electrons. The lowest BCUT2D eigenvalue weighted by molar-refractivity contribution is -0.385. The van der Waals surface area contributed by atoms with Crippen molar-refractivity contribution in [2.24, 2.45) is 0 Å². The summed E-state index contributed by atoms with van der Waals surface area (Å²) in [6.07, 6.45) is 1.03. The van der Waals surface area contributed by atoms with Gasteiger partial charge in [-0.25, -0.2) is 0 Å². The Morgan fingerprint density at radius 3 is 2.63 bits per heavy atom. The second-order valence-corrected chi connectivity index (χ2v) is 4.51. The van der Waals surface area contributed by atoms with E-state index in [1.54, 1.807) is 6.92 Å². The second-order valence-electron chi connectivity index (χ2n) is 3.41. The van der Waals surface area contributed by atoms with Gasteiger partial charge in [-0.3, -0.25) is 30.0 Å². The first-order valence-corrected chi connectivity index (χ1v) is 6.00. The fraction of sp³-hybridized carbons (Fsp3) is 0.300. The van der Waals surface area contributed by atoms with Crippen molar-refractivity contribution >= 4 is 40.7 Å². The number of pyridine rings is 1. The molecule has 0 aliphatic rings. The number of alkyl halides is 2. The van der Waals surface area contributed by atoms with Gasteiger partial charge in [-0.15, -0.1) is 0 Å². The van der Waals surface area contributed by atoms with Crippen LogP contribution in [-0.2, 0) is 4.79 Å². The van der Waals surface area contributed by atoms with Crippen molar-refractivity contribution < 1.29 is 14.5 Å². The van der Waals surface area contributed by atoms with E-state index in [0.29, 0.717) is 0 Å². The molecule has 0 spiro atoms. The van der Waals surface area contributed by atoms with Crippen molar-refractivity contribution in [2.45, 2.75) is 18.2 Å². The van der Waals surface area contributed by atoms with Crippen molar-refractivity contribution in [1.82, 2.24) is 10.3 Å². The fourth-order valence-corrected chi connectivity index (χ4v) is 1.55. The lowest BCUT2D eigenvalue weighted by atomic mass is 10.1. The quantitative estimate of drug-likeness (QED) is 0.521. The smallest absolute Gasteiger partial charge is 0.288 e. The minimum Gasteiger partial charge on any atom is -0.292 e. The summed E-state index contributed by atoms with van der Waals surface area (Å²) in [6, 6.07) is 0.971. The van der Waals surface area contributed by atoms with Gasteiger partial charge < -0.3 is 0 Å². The molecular formula is C10H9Cl2N3O4. The minimum absolute atomic E-state index is 0.0460. The number of nitrogens with one attached hydrogen (secondary N) is 1. The van der Waals surface area contributed by atoms with Crippen LogP contribution in [0.1, 0.15) is 34.2 Å². The molecule has 2 amide bonds. The van der Waals surface area contributed by atoms with Crippen LogP contribution in [0, 0.1) is 10.1 Å². The maximum atomic E-state index is 11.8. The van der Waals surface area contributed by atoms with Crippen molar-refractivity contribution in [3.05, 3.63) is 33.6 Å². The Hall–Kier alpha value is -1.73. The van der Waals surface area contributed by atoms with Gasteiger partial charge in [0.05, 0.1) is 16.2 Å². The van der Waals surface area contributed by atoms with Gasteiger partial charge in [0.25, 0.3) is 11.6 Å². The third kappa shape index (κ3) is 3.87. The van der Waals surface area contributed by atoms with E-state index in [-0.39, 0.29) is 17.7 Å². The molecule has 1 aromatic heterocycles. The van der Waals surface area contributed by atoms with Gasteiger partial charge in [0.15, 0.2) is 0 Å². The SMILES string of the molecule is CCC(=O)NC(=O)c1cc([N+](=O)[O-])cnc1C(Cl)Cl. The monoisotopic (exact) mass is 305 g/mol. The standard InChI is InChI=1S/C10H9Cl2N3O4/c1-2-7(16)14-10(17)6-3-5(15(18)19)4-13-8(6)9(11)12/h3-4,9H,2H2,1H3,(H,14,16,17). The summed E-state index contributed by atoms with van der Waals surface area (Å²) in [4.78, 5) is 35.4. The van der Waals surface area contributed by atoms with E-state index in [1.807, 2.05) is 5.32 Å². The molecule has 1 rings (SSSR count). The number of carbonyl (C=O) groups excluding carboxylic acids is 2. The van der Waals surface area contributed by atoms with E-state index in [9.17, 15) is 19.7 Å². The van der Waals surface area contributed by atoms with Crippen LogP contribution >= 0.6 is 23.2 Å². The third-order valence-electron chi connectivity index (χ3n) is 2.14. The molecule has 0 aromatic carbocycles. The Bertz CT molecular complexity index is 534. The molecule has 0 saturated carbocycles. The van der Waals surface area contributed by atoms with Gasteiger partial charge in [0.1, 0.15) is 11.0 Å². The van der Waals surface area contributed by atoms with Crippen LogP contribution in [0.15, 0.2) is 12.3 Å². The first-order valence-electron chi connectivity index (χ1n) is 5.13. The molecule has 9 heteroatoms. The number of aromatic nitrogens is 1. The molecule has 0 aliphatic carbocycles. The zero-order valence-corrected chi connectivity index (χ0v) is 11.2. The third-order valence-corrected chi connectivity index (χ3v) is 2.55. The molecule has 0 radical (unpaired) electrons. The molecule has 0 saturated heterocycles. The van der Waals surface area contributed by atoms with Gasteiger partial charge in [-0.1, -0.05) is 30.1 Å². The number of carbonyl (C=O) groups is 2. The maximum Gasteiger partial charge on any atom is 0.288 e. The molecule has 0 bridgehead atoms. The molecule has 1 heterocycles. The molecule has 1 aromatic rings. The van der Waals surface area contributed by atoms with Crippen LogP contribution in [0.25, 0.3) is 0 Å². The number of hydrogen-bond acceptors (Lipinski definition) is 5. The normalized spacial score (nSPS) is 10.3. The van der Waals surface area contributed by atoms with Crippen molar-refractivity contribution in [2.75, 3.05) is 0 Å². The Labute approximate surface area is 118 Å². The Kier molecular flexibility index (Phi) is 5.20. The lowest BCUT2D eigenvalue weighted by Crippen LogP contribution is -2.30. The largest absolute Gasteiger partial charge is 0.292 e. The van der Waals surface area contributed by atoms with E-state index in [4.69, 9.17) is 23.2 Å². The molecule has 0 aliphatic heterocycles. The number of halogens is 2. The summed E-state index contributed by atoms with van der Waals surface area (Å²) in [7, 11) is 0. The van der Waals surface area contributed by atoms with Gasteiger partial charge in [0.2, 0.25) is 5.91 Å². The predicted molar refractivity (Wildman–Crippen MR) is 68.1 cm³/mol. The van der Waals surface area contributed by atoms with E-state index < -0.39 is 27.3 Å². The highest BCUT2D eigenvalue weighted by Gasteiger charge is 2.22. The highest BCUT2D eigenvalue weighted by molar-refractivity contribution is 6.44. The fourth-order valence-electron chi connectivity index (χ4n) is 1.20. The molecule has 0 fully saturated rings. The topological polar surface area (TPSA) is 102 Å². The minimum atomic E-state index is -1.14. The summed E-state index contributed by atoms with van der Waals surface area (Å²) >= 11 is 11.2. The first-order chi connectivity index (χ1) is 8.86. The van der Waals surface area contributed by atoms with Crippen molar-refractivity contribution in [1.29, 1.82) is 0 Å². The van der Waals surface area contributed by atoms with Gasteiger partial charge in [-0.05, 0) is 0 Å². The lowest BCUT2D eigenvalue weighted by Gasteiger charge is -2.08. The zero-order chi connectivity index (χ0) is 14.6. The van der Waals surface area contributed by atoms with E-state index in [1.165, 1.54) is 0 Å². The van der Waals surface area contributed by atoms with Crippen molar-refractivity contribution in [3.8, 4) is 0 Å². The highest BCUT2D eigenvalue weighted by Crippen LogP contribution is 2.28. The summed E-state index contributed by atoms with van der Waals surface area (Å²) in [6.45, 7) is 1.56. The molecule has 1 N–H and O–H groups in total. The van der Waals surface area contributed by atoms with Crippen LogP contribution in [0.3, 0.4) is 0 Å². The zero-order valence-electron chi connectivity index (χ0n) is 9.72. The maximum absolute atomic E-state index is 11.8. The average Bonchev–Trinajstić information content (AvgIpc) is 2.37. The Morgan fingerprint density at radius 2 is 2.16 bits per heavy atom. The predicted octanol–water partition coefficient (Wildman–Crippen LogP) is 2.13. The summed E-state index contributed by atoms with van der Waals surface area (Å²) in [5.41, 5.74) is -0.645.